The molecule has 18 heavy (non-hydrogen) atoms. The molecule has 0 aliphatic carbocycles. The molecular weight excluding hydrogens is 236 g/mol. The summed E-state index contributed by atoms with van der Waals surface area (Å²) in [6, 6.07) is 0. The van der Waals surface area contributed by atoms with Crippen LogP contribution in [0.1, 0.15) is 27.7 Å². The average Bonchev–Trinajstić information content (AvgIpc) is 2.31. The molecule has 0 fully saturated rings. The van der Waals surface area contributed by atoms with Gasteiger partial charge in [-0.05, 0) is 27.7 Å². The Bertz CT molecular complexity index is 186. The van der Waals surface area contributed by atoms with Crippen LogP contribution in [-0.4, -0.2) is 63.1 Å². The normalized spacial score (nSPS) is 18.3. The molecule has 0 radical (unpaired) electrons. The summed E-state index contributed by atoms with van der Waals surface area (Å²) in [5, 5.41) is 9.08. The smallest absolute Gasteiger partial charge is 0.0781 e. The monoisotopic (exact) mass is 264 g/mol. The number of ether oxygens (including phenoxy) is 4. The lowest BCUT2D eigenvalue weighted by Gasteiger charge is -2.20. The van der Waals surface area contributed by atoms with Gasteiger partial charge in [-0.1, -0.05) is 0 Å². The average molecular weight is 264 g/mol. The summed E-state index contributed by atoms with van der Waals surface area (Å²) in [6.45, 7) is 9.49. The molecule has 4 atom stereocenters. The molecule has 0 saturated heterocycles. The molecule has 0 aromatic heterocycles. The van der Waals surface area contributed by atoms with Gasteiger partial charge in [0.1, 0.15) is 0 Å². The van der Waals surface area contributed by atoms with Crippen molar-refractivity contribution in [2.24, 2.45) is 0 Å². The number of rotatable bonds is 11. The third-order valence-electron chi connectivity index (χ3n) is 2.25. The van der Waals surface area contributed by atoms with Gasteiger partial charge >= 0.3 is 0 Å². The molecule has 110 valence electrons. The first-order valence-electron chi connectivity index (χ1n) is 6.47. The second-order valence-corrected chi connectivity index (χ2v) is 4.74. The predicted octanol–water partition coefficient (Wildman–Crippen LogP) is 1.23. The Morgan fingerprint density at radius 3 is 1.50 bits per heavy atom. The van der Waals surface area contributed by atoms with Crippen LogP contribution in [0.2, 0.25) is 0 Å². The molecule has 5 heteroatoms. The number of aliphatic hydroxyl groups is 1. The van der Waals surface area contributed by atoms with Crippen molar-refractivity contribution < 1.29 is 24.1 Å². The van der Waals surface area contributed by atoms with E-state index in [1.165, 1.54) is 0 Å². The largest absolute Gasteiger partial charge is 0.391 e. The van der Waals surface area contributed by atoms with Crippen LogP contribution in [0, 0.1) is 0 Å². The molecule has 5 nitrogen and oxygen atoms in total. The quantitative estimate of drug-likeness (QED) is 0.608. The zero-order chi connectivity index (χ0) is 14.0. The van der Waals surface area contributed by atoms with Gasteiger partial charge in [-0.3, -0.25) is 0 Å². The van der Waals surface area contributed by atoms with Crippen LogP contribution < -0.4 is 0 Å². The summed E-state index contributed by atoms with van der Waals surface area (Å²) < 4.78 is 21.5. The summed E-state index contributed by atoms with van der Waals surface area (Å²) in [4.78, 5) is 0. The van der Waals surface area contributed by atoms with Gasteiger partial charge in [0.2, 0.25) is 0 Å². The Labute approximate surface area is 110 Å². The lowest BCUT2D eigenvalue weighted by molar-refractivity contribution is -0.0844. The zero-order valence-electron chi connectivity index (χ0n) is 12.2. The molecule has 0 amide bonds. The first-order chi connectivity index (χ1) is 8.45. The molecular formula is C13H28O5. The Kier molecular flexibility index (Phi) is 10.6. The first-order valence-corrected chi connectivity index (χ1v) is 6.47. The van der Waals surface area contributed by atoms with Gasteiger partial charge in [0.05, 0.1) is 50.8 Å². The molecule has 0 aromatic carbocycles. The maximum Gasteiger partial charge on any atom is 0.0781 e. The molecule has 0 rings (SSSR count). The minimum absolute atomic E-state index is 0.0157. The van der Waals surface area contributed by atoms with E-state index in [4.69, 9.17) is 24.1 Å². The highest BCUT2D eigenvalue weighted by molar-refractivity contribution is 4.55. The molecule has 0 bridgehead atoms. The Hall–Kier alpha value is -0.200. The fourth-order valence-electron chi connectivity index (χ4n) is 1.28. The van der Waals surface area contributed by atoms with Gasteiger partial charge < -0.3 is 24.1 Å². The molecule has 0 unspecified atom stereocenters. The van der Waals surface area contributed by atoms with Crippen molar-refractivity contribution in [2.75, 3.05) is 33.5 Å². The summed E-state index contributed by atoms with van der Waals surface area (Å²) in [7, 11) is 1.65. The molecule has 0 heterocycles. The van der Waals surface area contributed by atoms with Crippen LogP contribution in [-0.2, 0) is 18.9 Å². The van der Waals surface area contributed by atoms with Gasteiger partial charge in [0, 0.05) is 7.11 Å². The molecule has 0 aromatic rings. The topological polar surface area (TPSA) is 57.2 Å². The zero-order valence-corrected chi connectivity index (χ0v) is 12.2. The van der Waals surface area contributed by atoms with Crippen LogP contribution >= 0.6 is 0 Å². The van der Waals surface area contributed by atoms with Crippen molar-refractivity contribution in [3.8, 4) is 0 Å². The standard InChI is InChI=1S/C13H28O5/c1-10(14)6-16-12(3)8-18-13(4)9-17-11(2)7-15-5/h10-14H,6-9H2,1-5H3/t10-,11+,12+,13+/m1/s1. The van der Waals surface area contributed by atoms with Crippen molar-refractivity contribution in [3.05, 3.63) is 0 Å². The Balaban J connectivity index is 3.54. The summed E-state index contributed by atoms with van der Waals surface area (Å²) in [6.07, 6.45) is -0.381. The number of hydrogen-bond acceptors (Lipinski definition) is 5. The predicted molar refractivity (Wildman–Crippen MR) is 69.8 cm³/mol. The van der Waals surface area contributed by atoms with Gasteiger partial charge in [-0.15, -0.1) is 0 Å². The van der Waals surface area contributed by atoms with Crippen LogP contribution in [0.3, 0.4) is 0 Å². The highest BCUT2D eigenvalue weighted by atomic mass is 16.6. The van der Waals surface area contributed by atoms with Crippen molar-refractivity contribution in [1.29, 1.82) is 0 Å². The summed E-state index contributed by atoms with van der Waals surface area (Å²) in [5.41, 5.74) is 0. The minimum Gasteiger partial charge on any atom is -0.391 e. The second kappa shape index (κ2) is 10.7. The highest BCUT2D eigenvalue weighted by Crippen LogP contribution is 2.00. The van der Waals surface area contributed by atoms with Gasteiger partial charge in [0.15, 0.2) is 0 Å². The van der Waals surface area contributed by atoms with Crippen molar-refractivity contribution in [1.82, 2.24) is 0 Å². The van der Waals surface area contributed by atoms with E-state index in [0.717, 1.165) is 0 Å². The van der Waals surface area contributed by atoms with E-state index < -0.39 is 6.10 Å². The van der Waals surface area contributed by atoms with Crippen molar-refractivity contribution in [2.45, 2.75) is 52.1 Å². The van der Waals surface area contributed by atoms with E-state index in [2.05, 4.69) is 0 Å². The summed E-state index contributed by atoms with van der Waals surface area (Å²) >= 11 is 0. The molecule has 0 aliphatic rings. The minimum atomic E-state index is -0.442. The van der Waals surface area contributed by atoms with E-state index in [1.54, 1.807) is 14.0 Å². The van der Waals surface area contributed by atoms with Crippen molar-refractivity contribution in [3.63, 3.8) is 0 Å². The van der Waals surface area contributed by atoms with Crippen LogP contribution in [0.25, 0.3) is 0 Å². The van der Waals surface area contributed by atoms with E-state index in [1.807, 2.05) is 20.8 Å². The van der Waals surface area contributed by atoms with Crippen LogP contribution in [0.4, 0.5) is 0 Å². The van der Waals surface area contributed by atoms with Crippen molar-refractivity contribution >= 4 is 0 Å². The van der Waals surface area contributed by atoms with Gasteiger partial charge in [-0.2, -0.15) is 0 Å². The number of methoxy groups -OCH3 is 1. The first kappa shape index (κ1) is 17.8. The maximum atomic E-state index is 9.08. The molecule has 1 N–H and O–H groups in total. The number of aliphatic hydroxyl groups excluding tert-OH is 1. The van der Waals surface area contributed by atoms with E-state index in [9.17, 15) is 0 Å². The third kappa shape index (κ3) is 10.9. The third-order valence-corrected chi connectivity index (χ3v) is 2.25. The lowest BCUT2D eigenvalue weighted by atomic mass is 10.3. The fraction of sp³-hybridized carbons (Fsp3) is 1.00. The van der Waals surface area contributed by atoms with Crippen LogP contribution in [0.15, 0.2) is 0 Å². The van der Waals surface area contributed by atoms with Gasteiger partial charge in [0.25, 0.3) is 0 Å². The lowest BCUT2D eigenvalue weighted by Crippen LogP contribution is -2.27. The molecule has 0 spiro atoms. The van der Waals surface area contributed by atoms with Gasteiger partial charge in [-0.25, -0.2) is 0 Å². The molecule has 0 aliphatic heterocycles. The Morgan fingerprint density at radius 1 is 0.722 bits per heavy atom. The fourth-order valence-corrected chi connectivity index (χ4v) is 1.28. The van der Waals surface area contributed by atoms with E-state index in [-0.39, 0.29) is 18.3 Å². The number of hydrogen-bond donors (Lipinski definition) is 1. The maximum absolute atomic E-state index is 9.08. The Morgan fingerprint density at radius 2 is 1.11 bits per heavy atom. The highest BCUT2D eigenvalue weighted by Gasteiger charge is 2.10. The van der Waals surface area contributed by atoms with E-state index in [0.29, 0.717) is 26.4 Å². The SMILES string of the molecule is COC[C@H](C)OC[C@H](C)OC[C@H](C)OC[C@@H](C)O. The molecule has 0 saturated carbocycles. The van der Waals surface area contributed by atoms with Crippen LogP contribution in [0.5, 0.6) is 0 Å². The second-order valence-electron chi connectivity index (χ2n) is 4.74. The van der Waals surface area contributed by atoms with E-state index >= 15 is 0 Å². The summed E-state index contributed by atoms with van der Waals surface area (Å²) in [5.74, 6) is 0.